The minimum absolute atomic E-state index is 0.0486. The van der Waals surface area contributed by atoms with Crippen LogP contribution in [0.5, 0.6) is 5.75 Å². The van der Waals surface area contributed by atoms with Gasteiger partial charge in [0, 0.05) is 6.54 Å². The Bertz CT molecular complexity index is 1240. The second kappa shape index (κ2) is 9.94. The van der Waals surface area contributed by atoms with Crippen LogP contribution in [0.3, 0.4) is 0 Å². The first-order chi connectivity index (χ1) is 16.3. The maximum absolute atomic E-state index is 13.1. The van der Waals surface area contributed by atoms with E-state index in [0.29, 0.717) is 36.8 Å². The van der Waals surface area contributed by atoms with Crippen LogP contribution >= 0.6 is 0 Å². The Labute approximate surface area is 199 Å². The van der Waals surface area contributed by atoms with E-state index in [-0.39, 0.29) is 17.5 Å². The third-order valence-corrected chi connectivity index (χ3v) is 7.79. The van der Waals surface area contributed by atoms with Crippen LogP contribution in [0.4, 0.5) is 6.01 Å². The Hall–Kier alpha value is -3.24. The van der Waals surface area contributed by atoms with E-state index in [9.17, 15) is 13.2 Å². The molecule has 2 aromatic carbocycles. The molecule has 1 aliphatic heterocycles. The summed E-state index contributed by atoms with van der Waals surface area (Å²) in [6, 6.07) is 13.4. The van der Waals surface area contributed by atoms with Crippen molar-refractivity contribution >= 4 is 21.9 Å². The van der Waals surface area contributed by atoms with E-state index >= 15 is 0 Å². The Balaban J connectivity index is 1.42. The van der Waals surface area contributed by atoms with Crippen LogP contribution in [0.25, 0.3) is 0 Å². The van der Waals surface area contributed by atoms with Gasteiger partial charge in [0.15, 0.2) is 0 Å². The van der Waals surface area contributed by atoms with Crippen molar-refractivity contribution in [1.82, 2.24) is 14.5 Å². The summed E-state index contributed by atoms with van der Waals surface area (Å²) in [6.45, 7) is 4.53. The predicted octanol–water partition coefficient (Wildman–Crippen LogP) is 3.58. The molecule has 1 fully saturated rings. The maximum atomic E-state index is 13.1. The molecule has 1 atom stereocenters. The number of carbonyl (C=O) groups excluding carboxylic acids is 1. The fourth-order valence-corrected chi connectivity index (χ4v) is 5.59. The van der Waals surface area contributed by atoms with Crippen LogP contribution in [0, 0.1) is 0 Å². The molecule has 180 valence electrons. The number of ether oxygens (including phenoxy) is 1. The molecule has 0 saturated carbocycles. The number of methoxy groups -OCH3 is 1. The van der Waals surface area contributed by atoms with Crippen molar-refractivity contribution in [3.63, 3.8) is 0 Å². The lowest BCUT2D eigenvalue weighted by molar-refractivity contribution is -0.119. The van der Waals surface area contributed by atoms with Gasteiger partial charge < -0.3 is 9.15 Å². The Morgan fingerprint density at radius 2 is 1.85 bits per heavy atom. The van der Waals surface area contributed by atoms with Gasteiger partial charge in [0.25, 0.3) is 0 Å². The Morgan fingerprint density at radius 1 is 1.15 bits per heavy atom. The highest BCUT2D eigenvalue weighted by Crippen LogP contribution is 2.28. The lowest BCUT2D eigenvalue weighted by Gasteiger charge is -2.22. The summed E-state index contributed by atoms with van der Waals surface area (Å²) < 4.78 is 38.2. The molecular weight excluding hydrogens is 456 g/mol. The number of nitrogens with one attached hydrogen (secondary N) is 1. The first-order valence-corrected chi connectivity index (χ1v) is 12.6. The molecule has 0 spiro atoms. The normalized spacial score (nSPS) is 16.6. The molecule has 1 aliphatic rings. The van der Waals surface area contributed by atoms with Gasteiger partial charge in [-0.1, -0.05) is 43.2 Å². The molecule has 10 heteroatoms. The summed E-state index contributed by atoms with van der Waals surface area (Å²) in [5.41, 5.74) is 2.26. The summed E-state index contributed by atoms with van der Waals surface area (Å²) in [6.07, 6.45) is 1.42. The van der Waals surface area contributed by atoms with E-state index in [1.54, 1.807) is 12.1 Å². The zero-order valence-corrected chi connectivity index (χ0v) is 20.2. The number of benzene rings is 2. The Morgan fingerprint density at radius 3 is 2.50 bits per heavy atom. The van der Waals surface area contributed by atoms with Crippen molar-refractivity contribution in [2.45, 2.75) is 50.0 Å². The SMILES string of the molecule is COc1ccc(S(=O)(=O)N2CCCC2C(=O)Nc2nnc(Cc3ccc(C(C)C)cc3)o2)cc1. The third-order valence-electron chi connectivity index (χ3n) is 5.87. The zero-order chi connectivity index (χ0) is 24.3. The molecule has 0 bridgehead atoms. The first-order valence-electron chi connectivity index (χ1n) is 11.2. The number of amides is 1. The molecule has 1 saturated heterocycles. The number of rotatable bonds is 8. The largest absolute Gasteiger partial charge is 0.497 e. The lowest BCUT2D eigenvalue weighted by atomic mass is 10.0. The van der Waals surface area contributed by atoms with Crippen molar-refractivity contribution in [3.8, 4) is 5.75 Å². The van der Waals surface area contributed by atoms with E-state index in [4.69, 9.17) is 9.15 Å². The number of anilines is 1. The summed E-state index contributed by atoms with van der Waals surface area (Å²) in [7, 11) is -2.34. The quantitative estimate of drug-likeness (QED) is 0.520. The van der Waals surface area contributed by atoms with E-state index in [1.807, 2.05) is 12.1 Å². The minimum atomic E-state index is -3.85. The minimum Gasteiger partial charge on any atom is -0.497 e. The van der Waals surface area contributed by atoms with Crippen LogP contribution in [-0.2, 0) is 21.2 Å². The summed E-state index contributed by atoms with van der Waals surface area (Å²) in [5.74, 6) is 0.869. The van der Waals surface area contributed by atoms with Gasteiger partial charge in [-0.2, -0.15) is 4.31 Å². The van der Waals surface area contributed by atoms with E-state index in [2.05, 4.69) is 41.5 Å². The van der Waals surface area contributed by atoms with E-state index < -0.39 is 22.0 Å². The smallest absolute Gasteiger partial charge is 0.322 e. The average Bonchev–Trinajstić information content (AvgIpc) is 3.50. The number of hydrogen-bond acceptors (Lipinski definition) is 7. The van der Waals surface area contributed by atoms with Gasteiger partial charge in [-0.3, -0.25) is 10.1 Å². The van der Waals surface area contributed by atoms with Crippen LogP contribution in [-0.4, -0.2) is 48.5 Å². The highest BCUT2D eigenvalue weighted by molar-refractivity contribution is 7.89. The van der Waals surface area contributed by atoms with Gasteiger partial charge in [0.2, 0.25) is 21.8 Å². The highest BCUT2D eigenvalue weighted by Gasteiger charge is 2.40. The molecular formula is C24H28N4O5S. The monoisotopic (exact) mass is 484 g/mol. The fourth-order valence-electron chi connectivity index (χ4n) is 3.93. The van der Waals surface area contributed by atoms with Gasteiger partial charge in [0.1, 0.15) is 11.8 Å². The first kappa shape index (κ1) is 23.9. The maximum Gasteiger partial charge on any atom is 0.322 e. The number of sulfonamides is 1. The molecule has 9 nitrogen and oxygen atoms in total. The summed E-state index contributed by atoms with van der Waals surface area (Å²) in [5, 5.41) is 10.5. The highest BCUT2D eigenvalue weighted by atomic mass is 32.2. The molecule has 2 heterocycles. The molecule has 1 amide bonds. The third kappa shape index (κ3) is 5.13. The molecule has 4 rings (SSSR count). The number of hydrogen-bond donors (Lipinski definition) is 1. The van der Waals surface area contributed by atoms with Crippen LogP contribution < -0.4 is 10.1 Å². The average molecular weight is 485 g/mol. The molecule has 34 heavy (non-hydrogen) atoms. The van der Waals surface area contributed by atoms with Crippen molar-refractivity contribution in [3.05, 3.63) is 65.5 Å². The standard InChI is InChI=1S/C24H28N4O5S/c1-16(2)18-8-6-17(7-9-18)15-22-26-27-24(33-22)25-23(29)21-5-4-14-28(21)34(30,31)20-12-10-19(32-3)11-13-20/h6-13,16,21H,4-5,14-15H2,1-3H3,(H,25,27,29). The lowest BCUT2D eigenvalue weighted by Crippen LogP contribution is -2.43. The number of nitrogens with zero attached hydrogens (tertiary/aromatic N) is 3. The van der Waals surface area contributed by atoms with E-state index in [0.717, 1.165) is 5.56 Å². The predicted molar refractivity (Wildman–Crippen MR) is 126 cm³/mol. The summed E-state index contributed by atoms with van der Waals surface area (Å²) in [4.78, 5) is 13.0. The molecule has 3 aromatic rings. The molecule has 0 radical (unpaired) electrons. The second-order valence-electron chi connectivity index (χ2n) is 8.51. The van der Waals surface area contributed by atoms with E-state index in [1.165, 1.54) is 29.1 Å². The van der Waals surface area contributed by atoms with Crippen molar-refractivity contribution in [1.29, 1.82) is 0 Å². The fraction of sp³-hybridized carbons (Fsp3) is 0.375. The van der Waals surface area contributed by atoms with Crippen molar-refractivity contribution in [2.75, 3.05) is 19.0 Å². The molecule has 1 unspecified atom stereocenters. The summed E-state index contributed by atoms with van der Waals surface area (Å²) >= 11 is 0. The van der Waals surface area contributed by atoms with Crippen LogP contribution in [0.15, 0.2) is 57.8 Å². The van der Waals surface area contributed by atoms with Gasteiger partial charge in [-0.05, 0) is 54.2 Å². The Kier molecular flexibility index (Phi) is 6.99. The van der Waals surface area contributed by atoms with Crippen molar-refractivity contribution in [2.24, 2.45) is 0 Å². The molecule has 1 aromatic heterocycles. The molecule has 0 aliphatic carbocycles. The second-order valence-corrected chi connectivity index (χ2v) is 10.4. The van der Waals surface area contributed by atoms with Gasteiger partial charge >= 0.3 is 6.01 Å². The van der Waals surface area contributed by atoms with Crippen LogP contribution in [0.2, 0.25) is 0 Å². The zero-order valence-electron chi connectivity index (χ0n) is 19.4. The van der Waals surface area contributed by atoms with Gasteiger partial charge in [-0.15, -0.1) is 5.10 Å². The van der Waals surface area contributed by atoms with Gasteiger partial charge in [0.05, 0.1) is 18.4 Å². The topological polar surface area (TPSA) is 115 Å². The molecule has 1 N–H and O–H groups in total. The van der Waals surface area contributed by atoms with Crippen molar-refractivity contribution < 1.29 is 22.4 Å². The van der Waals surface area contributed by atoms with Gasteiger partial charge in [-0.25, -0.2) is 8.42 Å². The van der Waals surface area contributed by atoms with Crippen LogP contribution in [0.1, 0.15) is 49.6 Å². The number of carbonyl (C=O) groups is 1. The number of aromatic nitrogens is 2.